The van der Waals surface area contributed by atoms with Crippen LogP contribution in [0.1, 0.15) is 27.6 Å². The highest BCUT2D eigenvalue weighted by Crippen LogP contribution is 2.17. The third-order valence-corrected chi connectivity index (χ3v) is 3.55. The summed E-state index contributed by atoms with van der Waals surface area (Å²) in [6.07, 6.45) is 0. The predicted octanol–water partition coefficient (Wildman–Crippen LogP) is 3.06. The van der Waals surface area contributed by atoms with Crippen LogP contribution in [0.5, 0.6) is 5.75 Å². The first-order valence-corrected chi connectivity index (χ1v) is 7.59. The molecule has 0 fully saturated rings. The van der Waals surface area contributed by atoms with Crippen molar-refractivity contribution in [2.75, 3.05) is 6.61 Å². The van der Waals surface area contributed by atoms with Gasteiger partial charge in [-0.2, -0.15) is 0 Å². The molecule has 0 unspecified atom stereocenters. The Balaban J connectivity index is 1.96. The van der Waals surface area contributed by atoms with Crippen LogP contribution in [-0.2, 0) is 0 Å². The lowest BCUT2D eigenvalue weighted by Gasteiger charge is -2.09. The van der Waals surface area contributed by atoms with Crippen LogP contribution in [-0.4, -0.2) is 18.4 Å². The minimum absolute atomic E-state index is 0.207. The van der Waals surface area contributed by atoms with E-state index in [2.05, 4.69) is 26.8 Å². The van der Waals surface area contributed by atoms with E-state index in [0.717, 1.165) is 6.07 Å². The predicted molar refractivity (Wildman–Crippen MR) is 86.6 cm³/mol. The number of hydrazine groups is 1. The molecule has 0 radical (unpaired) electrons. The van der Waals surface area contributed by atoms with Gasteiger partial charge < -0.3 is 4.74 Å². The Kier molecular flexibility index (Phi) is 5.70. The average molecular weight is 381 g/mol. The second-order valence-electron chi connectivity index (χ2n) is 4.49. The SMILES string of the molecule is CCOc1ccc(C(=O)NNC(=O)c2ccc(F)cc2Br)cc1. The standard InChI is InChI=1S/C16H14BrFN2O3/c1-2-23-12-6-3-10(4-7-12)15(21)19-20-16(22)13-8-5-11(18)9-14(13)17/h3-9H,2H2,1H3,(H,19,21)(H,20,22). The number of ether oxygens (including phenoxy) is 1. The lowest BCUT2D eigenvalue weighted by Crippen LogP contribution is -2.41. The molecule has 7 heteroatoms. The summed E-state index contributed by atoms with van der Waals surface area (Å²) in [7, 11) is 0. The number of rotatable bonds is 4. The fourth-order valence-corrected chi connectivity index (χ4v) is 2.33. The van der Waals surface area contributed by atoms with Crippen molar-refractivity contribution in [3.63, 3.8) is 0 Å². The van der Waals surface area contributed by atoms with Crippen molar-refractivity contribution in [2.24, 2.45) is 0 Å². The Morgan fingerprint density at radius 3 is 2.35 bits per heavy atom. The van der Waals surface area contributed by atoms with Crippen molar-refractivity contribution in [3.8, 4) is 5.75 Å². The summed E-state index contributed by atoms with van der Waals surface area (Å²) in [6, 6.07) is 10.1. The molecule has 5 nitrogen and oxygen atoms in total. The van der Waals surface area contributed by atoms with Gasteiger partial charge in [0.2, 0.25) is 0 Å². The van der Waals surface area contributed by atoms with Crippen LogP contribution in [0, 0.1) is 5.82 Å². The van der Waals surface area contributed by atoms with Gasteiger partial charge in [0.15, 0.2) is 0 Å². The Labute approximate surface area is 140 Å². The van der Waals surface area contributed by atoms with E-state index in [1.807, 2.05) is 6.92 Å². The maximum Gasteiger partial charge on any atom is 0.270 e. The van der Waals surface area contributed by atoms with Crippen molar-refractivity contribution in [2.45, 2.75) is 6.92 Å². The minimum atomic E-state index is -0.559. The van der Waals surface area contributed by atoms with Gasteiger partial charge in [0, 0.05) is 10.0 Å². The van der Waals surface area contributed by atoms with Crippen molar-refractivity contribution < 1.29 is 18.7 Å². The quantitative estimate of drug-likeness (QED) is 0.800. The average Bonchev–Trinajstić information content (AvgIpc) is 2.53. The zero-order valence-electron chi connectivity index (χ0n) is 12.2. The van der Waals surface area contributed by atoms with Gasteiger partial charge in [0.25, 0.3) is 11.8 Å². The molecule has 120 valence electrons. The molecule has 2 aromatic rings. The molecular formula is C16H14BrFN2O3. The molecule has 0 aromatic heterocycles. The fraction of sp³-hybridized carbons (Fsp3) is 0.125. The number of carbonyl (C=O) groups is 2. The largest absolute Gasteiger partial charge is 0.494 e. The molecule has 0 saturated carbocycles. The Hall–Kier alpha value is -2.41. The number of carbonyl (C=O) groups excluding carboxylic acids is 2. The summed E-state index contributed by atoms with van der Waals surface area (Å²) in [5.74, 6) is -0.842. The van der Waals surface area contributed by atoms with E-state index < -0.39 is 17.6 Å². The number of hydrogen-bond acceptors (Lipinski definition) is 3. The van der Waals surface area contributed by atoms with Crippen LogP contribution in [0.15, 0.2) is 46.9 Å². The summed E-state index contributed by atoms with van der Waals surface area (Å²) in [4.78, 5) is 23.9. The van der Waals surface area contributed by atoms with Crippen molar-refractivity contribution in [1.29, 1.82) is 0 Å². The molecular weight excluding hydrogens is 367 g/mol. The van der Waals surface area contributed by atoms with Crippen LogP contribution in [0.4, 0.5) is 4.39 Å². The van der Waals surface area contributed by atoms with E-state index >= 15 is 0 Å². The third-order valence-electron chi connectivity index (χ3n) is 2.89. The van der Waals surface area contributed by atoms with Crippen molar-refractivity contribution >= 4 is 27.7 Å². The number of benzene rings is 2. The van der Waals surface area contributed by atoms with E-state index in [0.29, 0.717) is 22.4 Å². The highest BCUT2D eigenvalue weighted by atomic mass is 79.9. The molecule has 0 atom stereocenters. The van der Waals surface area contributed by atoms with Gasteiger partial charge in [-0.1, -0.05) is 0 Å². The van der Waals surface area contributed by atoms with Crippen LogP contribution >= 0.6 is 15.9 Å². The Morgan fingerprint density at radius 1 is 1.09 bits per heavy atom. The zero-order chi connectivity index (χ0) is 16.8. The van der Waals surface area contributed by atoms with E-state index in [9.17, 15) is 14.0 Å². The van der Waals surface area contributed by atoms with Gasteiger partial charge in [-0.15, -0.1) is 0 Å². The molecule has 0 spiro atoms. The molecule has 0 aliphatic carbocycles. The first-order valence-electron chi connectivity index (χ1n) is 6.80. The van der Waals surface area contributed by atoms with Crippen molar-refractivity contribution in [1.82, 2.24) is 10.9 Å². The summed E-state index contributed by atoms with van der Waals surface area (Å²) in [6.45, 7) is 2.40. The smallest absolute Gasteiger partial charge is 0.270 e. The third kappa shape index (κ3) is 4.53. The number of halogens is 2. The highest BCUT2D eigenvalue weighted by molar-refractivity contribution is 9.10. The van der Waals surface area contributed by atoms with Gasteiger partial charge in [-0.3, -0.25) is 20.4 Å². The lowest BCUT2D eigenvalue weighted by molar-refractivity contribution is 0.0846. The molecule has 0 saturated heterocycles. The molecule has 0 heterocycles. The van der Waals surface area contributed by atoms with Crippen LogP contribution in [0.3, 0.4) is 0 Å². The molecule has 0 aliphatic heterocycles. The van der Waals surface area contributed by atoms with Gasteiger partial charge in [0.05, 0.1) is 12.2 Å². The first-order chi connectivity index (χ1) is 11.0. The van der Waals surface area contributed by atoms with Gasteiger partial charge >= 0.3 is 0 Å². The van der Waals surface area contributed by atoms with Crippen LogP contribution in [0.25, 0.3) is 0 Å². The molecule has 2 N–H and O–H groups in total. The maximum atomic E-state index is 13.0. The normalized spacial score (nSPS) is 10.0. The minimum Gasteiger partial charge on any atom is -0.494 e. The fourth-order valence-electron chi connectivity index (χ4n) is 1.80. The number of hydrogen-bond donors (Lipinski definition) is 2. The van der Waals surface area contributed by atoms with E-state index in [4.69, 9.17) is 4.74 Å². The maximum absolute atomic E-state index is 13.0. The lowest BCUT2D eigenvalue weighted by atomic mass is 10.2. The zero-order valence-corrected chi connectivity index (χ0v) is 13.8. The number of nitrogens with one attached hydrogen (secondary N) is 2. The molecule has 0 aliphatic rings. The molecule has 2 rings (SSSR count). The monoisotopic (exact) mass is 380 g/mol. The second kappa shape index (κ2) is 7.73. The Bertz CT molecular complexity index is 720. The van der Waals surface area contributed by atoms with Crippen molar-refractivity contribution in [3.05, 3.63) is 63.9 Å². The molecule has 2 aromatic carbocycles. The Morgan fingerprint density at radius 2 is 1.74 bits per heavy atom. The first kappa shape index (κ1) is 17.0. The molecule has 23 heavy (non-hydrogen) atoms. The summed E-state index contributed by atoms with van der Waals surface area (Å²) < 4.78 is 18.6. The number of amides is 2. The molecule has 2 amide bonds. The second-order valence-corrected chi connectivity index (χ2v) is 5.34. The van der Waals surface area contributed by atoms with E-state index in [1.54, 1.807) is 24.3 Å². The van der Waals surface area contributed by atoms with Gasteiger partial charge in [-0.25, -0.2) is 4.39 Å². The summed E-state index contributed by atoms with van der Waals surface area (Å²) in [5.41, 5.74) is 5.15. The summed E-state index contributed by atoms with van der Waals surface area (Å²) >= 11 is 3.09. The van der Waals surface area contributed by atoms with Crippen LogP contribution < -0.4 is 15.6 Å². The van der Waals surface area contributed by atoms with Gasteiger partial charge in [-0.05, 0) is 65.3 Å². The topological polar surface area (TPSA) is 67.4 Å². The molecule has 0 bridgehead atoms. The summed E-state index contributed by atoms with van der Waals surface area (Å²) in [5, 5.41) is 0. The highest BCUT2D eigenvalue weighted by Gasteiger charge is 2.12. The van der Waals surface area contributed by atoms with Gasteiger partial charge in [0.1, 0.15) is 11.6 Å². The van der Waals surface area contributed by atoms with E-state index in [1.165, 1.54) is 12.1 Å². The van der Waals surface area contributed by atoms with E-state index in [-0.39, 0.29) is 5.56 Å². The van der Waals surface area contributed by atoms with Crippen LogP contribution in [0.2, 0.25) is 0 Å².